The van der Waals surface area contributed by atoms with Gasteiger partial charge in [-0.15, -0.1) is 0 Å². The quantitative estimate of drug-likeness (QED) is 0.577. The minimum atomic E-state index is -0.207. The molecule has 0 aliphatic carbocycles. The molecule has 1 aromatic carbocycles. The molecule has 0 saturated carbocycles. The van der Waals surface area contributed by atoms with Crippen LogP contribution in [0.4, 0.5) is 4.39 Å². The lowest BCUT2D eigenvalue weighted by Gasteiger charge is -2.38. The summed E-state index contributed by atoms with van der Waals surface area (Å²) in [6, 6.07) is 6.88. The molecule has 0 bridgehead atoms. The first-order valence-electron chi connectivity index (χ1n) is 10.3. The Labute approximate surface area is 172 Å². The van der Waals surface area contributed by atoms with E-state index in [9.17, 15) is 4.39 Å². The van der Waals surface area contributed by atoms with Crippen molar-refractivity contribution in [2.24, 2.45) is 12.0 Å². The van der Waals surface area contributed by atoms with Gasteiger partial charge in [-0.2, -0.15) is 5.10 Å². The molecule has 2 aromatic rings. The van der Waals surface area contributed by atoms with Crippen LogP contribution in [-0.4, -0.2) is 42.0 Å². The zero-order valence-electron chi connectivity index (χ0n) is 17.9. The predicted octanol–water partition coefficient (Wildman–Crippen LogP) is 2.98. The highest BCUT2D eigenvalue weighted by molar-refractivity contribution is 5.79. The average Bonchev–Trinajstić information content (AvgIpc) is 2.96. The lowest BCUT2D eigenvalue weighted by atomic mass is 9.74. The molecule has 2 heterocycles. The second kappa shape index (κ2) is 9.39. The summed E-state index contributed by atoms with van der Waals surface area (Å²) in [5, 5.41) is 11.3. The van der Waals surface area contributed by atoms with Crippen LogP contribution in [0.1, 0.15) is 42.3 Å². The number of nitrogens with one attached hydrogen (secondary N) is 2. The lowest BCUT2D eigenvalue weighted by Crippen LogP contribution is -2.48. The first kappa shape index (κ1) is 21.3. The molecule has 1 fully saturated rings. The van der Waals surface area contributed by atoms with Crippen molar-refractivity contribution >= 4 is 5.96 Å². The van der Waals surface area contributed by atoms with E-state index in [-0.39, 0.29) is 11.2 Å². The highest BCUT2D eigenvalue weighted by Crippen LogP contribution is 2.34. The molecule has 1 aromatic heterocycles. The number of hydrogen-bond acceptors (Lipinski definition) is 3. The second-order valence-corrected chi connectivity index (χ2v) is 7.72. The molecule has 0 amide bonds. The highest BCUT2D eigenvalue weighted by Gasteiger charge is 2.34. The van der Waals surface area contributed by atoms with Gasteiger partial charge in [0, 0.05) is 50.0 Å². The van der Waals surface area contributed by atoms with Crippen LogP contribution in [0.25, 0.3) is 0 Å². The summed E-state index contributed by atoms with van der Waals surface area (Å²) >= 11 is 0. The molecule has 0 spiro atoms. The van der Waals surface area contributed by atoms with Crippen molar-refractivity contribution in [3.8, 4) is 0 Å². The largest absolute Gasteiger partial charge is 0.381 e. The Hall–Kier alpha value is -2.41. The van der Waals surface area contributed by atoms with E-state index in [0.29, 0.717) is 19.8 Å². The first-order chi connectivity index (χ1) is 13.9. The van der Waals surface area contributed by atoms with Gasteiger partial charge in [-0.3, -0.25) is 4.68 Å². The maximum Gasteiger partial charge on any atom is 0.191 e. The zero-order valence-corrected chi connectivity index (χ0v) is 17.9. The van der Waals surface area contributed by atoms with Crippen LogP contribution in [0.2, 0.25) is 0 Å². The summed E-state index contributed by atoms with van der Waals surface area (Å²) in [5.41, 5.74) is 4.35. The number of rotatable bonds is 6. The minimum Gasteiger partial charge on any atom is -0.381 e. The molecular formula is C22H32FN5O. The van der Waals surface area contributed by atoms with E-state index in [1.165, 1.54) is 0 Å². The standard InChI is InChI=1S/C22H32FN5O/c1-5-24-21(25-14-20-16(2)27-28(4)17(20)3)26-15-22(10-12-29-13-11-22)18-6-8-19(23)9-7-18/h6-9H,5,10-15H2,1-4H3,(H2,24,25,26). The monoisotopic (exact) mass is 401 g/mol. The Morgan fingerprint density at radius 2 is 1.90 bits per heavy atom. The van der Waals surface area contributed by atoms with Crippen LogP contribution >= 0.6 is 0 Å². The predicted molar refractivity (Wildman–Crippen MR) is 114 cm³/mol. The molecule has 1 aliphatic heterocycles. The Morgan fingerprint density at radius 3 is 2.48 bits per heavy atom. The van der Waals surface area contributed by atoms with E-state index in [4.69, 9.17) is 9.73 Å². The van der Waals surface area contributed by atoms with E-state index >= 15 is 0 Å². The fraction of sp³-hybridized carbons (Fsp3) is 0.545. The van der Waals surface area contributed by atoms with Crippen molar-refractivity contribution < 1.29 is 9.13 Å². The van der Waals surface area contributed by atoms with Gasteiger partial charge in [0.25, 0.3) is 0 Å². The van der Waals surface area contributed by atoms with Gasteiger partial charge < -0.3 is 15.4 Å². The Morgan fingerprint density at radius 1 is 1.21 bits per heavy atom. The number of hydrogen-bond donors (Lipinski definition) is 2. The highest BCUT2D eigenvalue weighted by atomic mass is 19.1. The van der Waals surface area contributed by atoms with Crippen molar-refractivity contribution in [2.45, 2.75) is 45.6 Å². The smallest absolute Gasteiger partial charge is 0.191 e. The van der Waals surface area contributed by atoms with Gasteiger partial charge in [0.1, 0.15) is 5.82 Å². The fourth-order valence-corrected chi connectivity index (χ4v) is 3.93. The van der Waals surface area contributed by atoms with Crippen molar-refractivity contribution in [1.29, 1.82) is 0 Å². The number of aromatic nitrogens is 2. The summed E-state index contributed by atoms with van der Waals surface area (Å²) in [5.74, 6) is 0.573. The summed E-state index contributed by atoms with van der Waals surface area (Å²) in [6.45, 7) is 9.64. The van der Waals surface area contributed by atoms with Crippen LogP contribution in [0.5, 0.6) is 0 Å². The van der Waals surface area contributed by atoms with E-state index in [1.807, 2.05) is 30.8 Å². The van der Waals surface area contributed by atoms with Crippen molar-refractivity contribution in [3.63, 3.8) is 0 Å². The van der Waals surface area contributed by atoms with Crippen LogP contribution in [0.15, 0.2) is 29.3 Å². The van der Waals surface area contributed by atoms with Crippen molar-refractivity contribution in [3.05, 3.63) is 52.6 Å². The molecule has 2 N–H and O–H groups in total. The first-order valence-corrected chi connectivity index (χ1v) is 10.3. The van der Waals surface area contributed by atoms with Gasteiger partial charge in [-0.25, -0.2) is 9.38 Å². The number of ether oxygens (including phenoxy) is 1. The second-order valence-electron chi connectivity index (χ2n) is 7.72. The Balaban J connectivity index is 1.77. The van der Waals surface area contributed by atoms with Gasteiger partial charge >= 0.3 is 0 Å². The molecule has 1 aliphatic rings. The minimum absolute atomic E-state index is 0.0950. The molecule has 0 unspecified atom stereocenters. The molecule has 0 radical (unpaired) electrons. The molecule has 1 saturated heterocycles. The summed E-state index contributed by atoms with van der Waals surface area (Å²) in [4.78, 5) is 4.79. The van der Waals surface area contributed by atoms with Gasteiger partial charge in [0.15, 0.2) is 5.96 Å². The molecule has 0 atom stereocenters. The Bertz CT molecular complexity index is 838. The third kappa shape index (κ3) is 4.96. The summed E-state index contributed by atoms with van der Waals surface area (Å²) < 4.78 is 20.9. The summed E-state index contributed by atoms with van der Waals surface area (Å²) in [6.07, 6.45) is 1.79. The number of halogens is 1. The number of nitrogens with zero attached hydrogens (tertiary/aromatic N) is 3. The van der Waals surface area contributed by atoms with Crippen LogP contribution < -0.4 is 10.6 Å². The zero-order chi connectivity index (χ0) is 20.9. The number of aliphatic imine (C=N–C) groups is 1. The Kier molecular flexibility index (Phi) is 6.90. The maximum atomic E-state index is 13.4. The van der Waals surface area contributed by atoms with E-state index in [2.05, 4.69) is 29.6 Å². The van der Waals surface area contributed by atoms with E-state index in [0.717, 1.165) is 54.4 Å². The van der Waals surface area contributed by atoms with Gasteiger partial charge in [0.05, 0.1) is 12.2 Å². The normalized spacial score (nSPS) is 16.7. The molecule has 7 heteroatoms. The van der Waals surface area contributed by atoms with E-state index in [1.54, 1.807) is 12.1 Å². The topological polar surface area (TPSA) is 63.5 Å². The lowest BCUT2D eigenvalue weighted by molar-refractivity contribution is 0.0513. The van der Waals surface area contributed by atoms with Gasteiger partial charge in [-0.1, -0.05) is 12.1 Å². The van der Waals surface area contributed by atoms with Crippen LogP contribution in [0, 0.1) is 19.7 Å². The molecule has 6 nitrogen and oxygen atoms in total. The molecular weight excluding hydrogens is 369 g/mol. The summed E-state index contributed by atoms with van der Waals surface area (Å²) in [7, 11) is 1.95. The van der Waals surface area contributed by atoms with Gasteiger partial charge in [-0.05, 0) is 51.3 Å². The third-order valence-corrected chi connectivity index (χ3v) is 5.90. The number of guanidine groups is 1. The van der Waals surface area contributed by atoms with Gasteiger partial charge in [0.2, 0.25) is 0 Å². The fourth-order valence-electron chi connectivity index (χ4n) is 3.93. The number of aryl methyl sites for hydroxylation is 2. The third-order valence-electron chi connectivity index (χ3n) is 5.90. The number of benzene rings is 1. The average molecular weight is 402 g/mol. The van der Waals surface area contributed by atoms with Crippen molar-refractivity contribution in [1.82, 2.24) is 20.4 Å². The van der Waals surface area contributed by atoms with Crippen molar-refractivity contribution in [2.75, 3.05) is 26.3 Å². The molecule has 158 valence electrons. The maximum absolute atomic E-state index is 13.4. The van der Waals surface area contributed by atoms with Crippen LogP contribution in [-0.2, 0) is 23.7 Å². The SMILES string of the molecule is CCNC(=NCc1c(C)nn(C)c1C)NCC1(c2ccc(F)cc2)CCOCC1. The van der Waals surface area contributed by atoms with E-state index < -0.39 is 0 Å². The van der Waals surface area contributed by atoms with Crippen LogP contribution in [0.3, 0.4) is 0 Å². The molecule has 29 heavy (non-hydrogen) atoms. The molecule has 3 rings (SSSR count).